The molecule has 1 fully saturated rings. The normalized spacial score (nSPS) is 17.3. The van der Waals surface area contributed by atoms with Gasteiger partial charge in [0, 0.05) is 50.9 Å². The number of hydrogen-bond acceptors (Lipinski definition) is 4. The molecule has 0 saturated carbocycles. The summed E-state index contributed by atoms with van der Waals surface area (Å²) in [6.45, 7) is 5.41. The van der Waals surface area contributed by atoms with Gasteiger partial charge in [-0.2, -0.15) is 0 Å². The summed E-state index contributed by atoms with van der Waals surface area (Å²) in [5.74, 6) is -0.489. The van der Waals surface area contributed by atoms with Crippen molar-refractivity contribution in [2.24, 2.45) is 12.0 Å². The fourth-order valence-electron chi connectivity index (χ4n) is 4.45. The lowest BCUT2D eigenvalue weighted by Crippen LogP contribution is -2.42. The van der Waals surface area contributed by atoms with E-state index >= 15 is 4.39 Å². The van der Waals surface area contributed by atoms with E-state index in [1.165, 1.54) is 19.1 Å². The first-order chi connectivity index (χ1) is 16.5. The minimum atomic E-state index is -2.94. The molecule has 0 radical (unpaired) electrons. The van der Waals surface area contributed by atoms with Gasteiger partial charge in [0.15, 0.2) is 11.2 Å². The summed E-state index contributed by atoms with van der Waals surface area (Å²) in [6, 6.07) is 4.62. The van der Waals surface area contributed by atoms with Gasteiger partial charge in [-0.25, -0.2) is 22.5 Å². The molecule has 0 aliphatic carbocycles. The molecule has 1 unspecified atom stereocenters. The van der Waals surface area contributed by atoms with Crippen LogP contribution in [0.25, 0.3) is 10.9 Å². The highest BCUT2D eigenvalue weighted by molar-refractivity contribution is 5.78. The number of carbonyl (C=O) groups is 1. The summed E-state index contributed by atoms with van der Waals surface area (Å²) in [5, 5.41) is 0.520. The van der Waals surface area contributed by atoms with Crippen LogP contribution in [0.3, 0.4) is 0 Å². The Morgan fingerprint density at radius 3 is 2.49 bits per heavy atom. The van der Waals surface area contributed by atoms with Crippen LogP contribution in [-0.2, 0) is 17.5 Å². The molecule has 10 heteroatoms. The van der Waals surface area contributed by atoms with Gasteiger partial charge < -0.3 is 9.47 Å². The molecule has 1 aliphatic rings. The van der Waals surface area contributed by atoms with E-state index in [0.717, 1.165) is 6.07 Å². The quantitative estimate of drug-likeness (QED) is 0.494. The molecule has 1 aromatic carbocycles. The number of benzene rings is 1. The average molecular weight is 490 g/mol. The highest BCUT2D eigenvalue weighted by Gasteiger charge is 2.38. The molecule has 6 nitrogen and oxygen atoms in total. The topological polar surface area (TPSA) is 63.4 Å². The standard InChI is InChI=1S/C25H27F4N5O/c1-14(17-6-5-7-18(22(17)26)23(27)28)31-24-19-12-21(30-13-20(19)33(4)15(2)32-24)25(29)8-10-34(11-9-25)16(3)35/h5-7,12-14,23H,8-11H2,1-4H3/b31-24-. The number of aromatic nitrogens is 3. The first-order valence-electron chi connectivity index (χ1n) is 11.4. The number of pyridine rings is 1. The lowest BCUT2D eigenvalue weighted by atomic mass is 9.89. The van der Waals surface area contributed by atoms with Gasteiger partial charge in [0.25, 0.3) is 6.43 Å². The number of hydrogen-bond donors (Lipinski definition) is 0. The maximum Gasteiger partial charge on any atom is 0.266 e. The summed E-state index contributed by atoms with van der Waals surface area (Å²) >= 11 is 0. The molecule has 0 spiro atoms. The number of alkyl halides is 3. The lowest BCUT2D eigenvalue weighted by Gasteiger charge is -2.35. The van der Waals surface area contributed by atoms with Crippen LogP contribution in [0, 0.1) is 12.7 Å². The Hall–Kier alpha value is -3.30. The van der Waals surface area contributed by atoms with Crippen molar-refractivity contribution in [2.75, 3.05) is 13.1 Å². The molecule has 1 amide bonds. The van der Waals surface area contributed by atoms with Crippen molar-refractivity contribution in [1.82, 2.24) is 19.4 Å². The van der Waals surface area contributed by atoms with Gasteiger partial charge in [-0.1, -0.05) is 18.2 Å². The third-order valence-corrected chi connectivity index (χ3v) is 6.76. The van der Waals surface area contributed by atoms with E-state index in [2.05, 4.69) is 15.0 Å². The lowest BCUT2D eigenvalue weighted by molar-refractivity contribution is -0.131. The monoisotopic (exact) mass is 489 g/mol. The smallest absolute Gasteiger partial charge is 0.266 e. The predicted octanol–water partition coefficient (Wildman–Crippen LogP) is 4.82. The zero-order chi connectivity index (χ0) is 25.5. The van der Waals surface area contributed by atoms with Gasteiger partial charge in [-0.3, -0.25) is 14.8 Å². The third-order valence-electron chi connectivity index (χ3n) is 6.76. The van der Waals surface area contributed by atoms with Crippen LogP contribution in [0.15, 0.2) is 35.5 Å². The van der Waals surface area contributed by atoms with E-state index in [9.17, 15) is 18.0 Å². The molecular weight excluding hydrogens is 462 g/mol. The number of nitrogens with zero attached hydrogens (tertiary/aromatic N) is 5. The zero-order valence-electron chi connectivity index (χ0n) is 20.0. The predicted molar refractivity (Wildman–Crippen MR) is 123 cm³/mol. The van der Waals surface area contributed by atoms with E-state index < -0.39 is 29.5 Å². The number of halogens is 4. The summed E-state index contributed by atoms with van der Waals surface area (Å²) < 4.78 is 58.8. The second-order valence-electron chi connectivity index (χ2n) is 8.96. The van der Waals surface area contributed by atoms with Crippen molar-refractivity contribution in [2.45, 2.75) is 51.7 Å². The maximum atomic E-state index is 15.9. The molecule has 3 aromatic rings. The average Bonchev–Trinajstić information content (AvgIpc) is 2.82. The number of rotatable bonds is 4. The van der Waals surface area contributed by atoms with E-state index in [-0.39, 0.29) is 35.5 Å². The number of aryl methyl sites for hydroxylation is 2. The molecule has 35 heavy (non-hydrogen) atoms. The number of fused-ring (bicyclic) bond motifs is 1. The highest BCUT2D eigenvalue weighted by atomic mass is 19.3. The van der Waals surface area contributed by atoms with Gasteiger partial charge in [0.1, 0.15) is 11.6 Å². The van der Waals surface area contributed by atoms with Crippen molar-refractivity contribution in [3.8, 4) is 0 Å². The molecule has 1 aliphatic heterocycles. The van der Waals surface area contributed by atoms with Crippen molar-refractivity contribution in [3.63, 3.8) is 0 Å². The van der Waals surface area contributed by atoms with Crippen LogP contribution in [0.1, 0.15) is 61.8 Å². The first-order valence-corrected chi connectivity index (χ1v) is 11.4. The van der Waals surface area contributed by atoms with Crippen LogP contribution in [0.2, 0.25) is 0 Å². The minimum absolute atomic E-state index is 0.0245. The Labute approximate surface area is 200 Å². The molecule has 1 atom stereocenters. The van der Waals surface area contributed by atoms with Crippen LogP contribution in [0.5, 0.6) is 0 Å². The SMILES string of the molecule is CC(=O)N1CCC(F)(c2cc3/c(=N/C(C)c4cccc(C(F)F)c4F)nc(C)n(C)c3cn2)CC1. The second kappa shape index (κ2) is 9.39. The highest BCUT2D eigenvalue weighted by Crippen LogP contribution is 2.36. The second-order valence-corrected chi connectivity index (χ2v) is 8.96. The number of likely N-dealkylation sites (tertiary alicyclic amines) is 1. The van der Waals surface area contributed by atoms with Crippen molar-refractivity contribution in [1.29, 1.82) is 0 Å². The molecule has 0 bridgehead atoms. The van der Waals surface area contributed by atoms with Crippen LogP contribution >= 0.6 is 0 Å². The largest absolute Gasteiger partial charge is 0.343 e. The summed E-state index contributed by atoms with van der Waals surface area (Å²) in [4.78, 5) is 26.7. The minimum Gasteiger partial charge on any atom is -0.343 e. The van der Waals surface area contributed by atoms with Crippen molar-refractivity contribution in [3.05, 3.63) is 64.4 Å². The molecular formula is C25H27F4N5O. The van der Waals surface area contributed by atoms with Gasteiger partial charge in [0.05, 0.1) is 29.0 Å². The Balaban J connectivity index is 1.81. The molecule has 2 aromatic heterocycles. The van der Waals surface area contributed by atoms with Gasteiger partial charge in [-0.15, -0.1) is 0 Å². The third kappa shape index (κ3) is 4.66. The fraction of sp³-hybridized carbons (Fsp3) is 0.440. The van der Waals surface area contributed by atoms with Crippen molar-refractivity contribution < 1.29 is 22.4 Å². The van der Waals surface area contributed by atoms with E-state index in [1.807, 2.05) is 0 Å². The zero-order valence-corrected chi connectivity index (χ0v) is 20.0. The van der Waals surface area contributed by atoms with Crippen LogP contribution in [-0.4, -0.2) is 38.4 Å². The van der Waals surface area contributed by atoms with Gasteiger partial charge >= 0.3 is 0 Å². The molecule has 0 N–H and O–H groups in total. The maximum absolute atomic E-state index is 15.9. The van der Waals surface area contributed by atoms with E-state index in [4.69, 9.17) is 0 Å². The Bertz CT molecular complexity index is 1350. The molecule has 4 rings (SSSR count). The van der Waals surface area contributed by atoms with E-state index in [1.54, 1.807) is 42.6 Å². The molecule has 1 saturated heterocycles. The summed E-state index contributed by atoms with van der Waals surface area (Å²) in [7, 11) is 1.79. The van der Waals surface area contributed by atoms with Gasteiger partial charge in [-0.05, 0) is 19.9 Å². The first kappa shape index (κ1) is 24.8. The Morgan fingerprint density at radius 1 is 1.20 bits per heavy atom. The molecule has 3 heterocycles. The van der Waals surface area contributed by atoms with Crippen molar-refractivity contribution >= 4 is 16.8 Å². The Morgan fingerprint density at radius 2 is 1.86 bits per heavy atom. The fourth-order valence-corrected chi connectivity index (χ4v) is 4.45. The summed E-state index contributed by atoms with van der Waals surface area (Å²) in [5.41, 5.74) is -1.26. The molecule has 186 valence electrons. The van der Waals surface area contributed by atoms with Crippen LogP contribution in [0.4, 0.5) is 17.6 Å². The number of piperidine rings is 1. The van der Waals surface area contributed by atoms with E-state index in [0.29, 0.717) is 29.8 Å². The number of carbonyl (C=O) groups excluding carboxylic acids is 1. The Kier molecular flexibility index (Phi) is 6.66. The number of amides is 1. The van der Waals surface area contributed by atoms with Gasteiger partial charge in [0.2, 0.25) is 5.91 Å². The summed E-state index contributed by atoms with van der Waals surface area (Å²) in [6.07, 6.45) is -1.15. The van der Waals surface area contributed by atoms with Crippen LogP contribution < -0.4 is 5.49 Å².